The molecule has 1 saturated heterocycles. The summed E-state index contributed by atoms with van der Waals surface area (Å²) in [6.45, 7) is 3.75. The number of nitrogens with two attached hydrogens (primary N) is 1. The van der Waals surface area contributed by atoms with Crippen molar-refractivity contribution in [3.63, 3.8) is 0 Å². The van der Waals surface area contributed by atoms with E-state index >= 15 is 0 Å². The lowest BCUT2D eigenvalue weighted by atomic mass is 10.0. The van der Waals surface area contributed by atoms with Crippen molar-refractivity contribution < 1.29 is 13.2 Å². The Morgan fingerprint density at radius 1 is 1.30 bits per heavy atom. The summed E-state index contributed by atoms with van der Waals surface area (Å²) in [6.07, 6.45) is 0.505. The van der Waals surface area contributed by atoms with Gasteiger partial charge in [-0.2, -0.15) is 0 Å². The van der Waals surface area contributed by atoms with E-state index in [-0.39, 0.29) is 23.5 Å². The van der Waals surface area contributed by atoms with E-state index in [4.69, 9.17) is 5.73 Å². The molecule has 1 fully saturated rings. The van der Waals surface area contributed by atoms with Gasteiger partial charge >= 0.3 is 0 Å². The topological polar surface area (TPSA) is 80.5 Å². The Bertz CT molecular complexity index is 653. The summed E-state index contributed by atoms with van der Waals surface area (Å²) in [6, 6.07) is 3.31. The lowest BCUT2D eigenvalue weighted by molar-refractivity contribution is 0.0747. The molecule has 0 aromatic heterocycles. The van der Waals surface area contributed by atoms with Crippen molar-refractivity contribution in [1.82, 2.24) is 4.90 Å². The first kappa shape index (κ1) is 14.8. The summed E-state index contributed by atoms with van der Waals surface area (Å²) in [4.78, 5) is 14.0. The summed E-state index contributed by atoms with van der Waals surface area (Å²) in [5.74, 6) is 0.0382. The number of amides is 1. The van der Waals surface area contributed by atoms with Crippen molar-refractivity contribution in [1.29, 1.82) is 0 Å². The number of nitrogens with zero attached hydrogens (tertiary/aromatic N) is 1. The van der Waals surface area contributed by atoms with E-state index in [0.29, 0.717) is 17.7 Å². The van der Waals surface area contributed by atoms with Crippen molar-refractivity contribution in [3.05, 3.63) is 28.8 Å². The largest absolute Gasteiger partial charge is 0.398 e. The van der Waals surface area contributed by atoms with Crippen molar-refractivity contribution in [2.24, 2.45) is 0 Å². The minimum atomic E-state index is -3.00. The molecule has 2 rings (SSSR count). The van der Waals surface area contributed by atoms with E-state index in [1.165, 1.54) is 4.90 Å². The average molecular weight is 296 g/mol. The van der Waals surface area contributed by atoms with Crippen LogP contribution < -0.4 is 5.73 Å². The quantitative estimate of drug-likeness (QED) is 0.830. The standard InChI is InChI=1S/C14H20N2O3S/c1-9-6-10(2)13(15)7-12(9)14(17)16(3)11-4-5-20(18,19)8-11/h6-7,11H,4-5,8,15H2,1-3H3. The van der Waals surface area contributed by atoms with Crippen molar-refractivity contribution in [3.8, 4) is 0 Å². The maximum absolute atomic E-state index is 12.5. The van der Waals surface area contributed by atoms with Gasteiger partial charge in [0.15, 0.2) is 9.84 Å². The predicted molar refractivity (Wildman–Crippen MR) is 79.5 cm³/mol. The van der Waals surface area contributed by atoms with Gasteiger partial charge in [0, 0.05) is 24.3 Å². The maximum Gasteiger partial charge on any atom is 0.254 e. The van der Waals surface area contributed by atoms with E-state index < -0.39 is 9.84 Å². The van der Waals surface area contributed by atoms with Crippen LogP contribution in [0.25, 0.3) is 0 Å². The van der Waals surface area contributed by atoms with E-state index in [9.17, 15) is 13.2 Å². The van der Waals surface area contributed by atoms with Crippen LogP contribution in [0, 0.1) is 13.8 Å². The first-order chi connectivity index (χ1) is 9.21. The monoisotopic (exact) mass is 296 g/mol. The number of carbonyl (C=O) groups excluding carboxylic acids is 1. The van der Waals surface area contributed by atoms with Gasteiger partial charge in [-0.25, -0.2) is 8.42 Å². The smallest absolute Gasteiger partial charge is 0.254 e. The number of aryl methyl sites for hydroxylation is 2. The fourth-order valence-corrected chi connectivity index (χ4v) is 4.31. The van der Waals surface area contributed by atoms with Crippen LogP contribution in [-0.2, 0) is 9.84 Å². The molecule has 1 aromatic rings. The van der Waals surface area contributed by atoms with Gasteiger partial charge in [-0.05, 0) is 37.5 Å². The normalized spacial score (nSPS) is 20.9. The Labute approximate surface area is 119 Å². The molecule has 110 valence electrons. The summed E-state index contributed by atoms with van der Waals surface area (Å²) in [7, 11) is -1.34. The SMILES string of the molecule is Cc1cc(C)c(C(=O)N(C)C2CCS(=O)(=O)C2)cc1N. The van der Waals surface area contributed by atoms with Gasteiger partial charge in [0.2, 0.25) is 0 Å². The fourth-order valence-electron chi connectivity index (χ4n) is 2.54. The number of anilines is 1. The van der Waals surface area contributed by atoms with Gasteiger partial charge < -0.3 is 10.6 Å². The second-order valence-corrected chi connectivity index (χ2v) is 7.73. The third kappa shape index (κ3) is 2.80. The highest BCUT2D eigenvalue weighted by Crippen LogP contribution is 2.22. The summed E-state index contributed by atoms with van der Waals surface area (Å²) < 4.78 is 23.0. The number of hydrogen-bond donors (Lipinski definition) is 1. The lowest BCUT2D eigenvalue weighted by Gasteiger charge is -2.24. The van der Waals surface area contributed by atoms with Crippen LogP contribution in [0.1, 0.15) is 27.9 Å². The molecule has 5 nitrogen and oxygen atoms in total. The number of rotatable bonds is 2. The van der Waals surface area contributed by atoms with Crippen LogP contribution in [-0.4, -0.2) is 43.8 Å². The summed E-state index contributed by atoms with van der Waals surface area (Å²) in [5, 5.41) is 0. The Hall–Kier alpha value is -1.56. The molecule has 1 atom stereocenters. The number of hydrogen-bond acceptors (Lipinski definition) is 4. The van der Waals surface area contributed by atoms with E-state index in [1.807, 2.05) is 19.9 Å². The number of carbonyl (C=O) groups is 1. The van der Waals surface area contributed by atoms with E-state index in [1.54, 1.807) is 13.1 Å². The number of sulfone groups is 1. The van der Waals surface area contributed by atoms with Crippen LogP contribution in [0.15, 0.2) is 12.1 Å². The molecule has 2 N–H and O–H groups in total. The molecule has 1 unspecified atom stereocenters. The fraction of sp³-hybridized carbons (Fsp3) is 0.500. The van der Waals surface area contributed by atoms with E-state index in [0.717, 1.165) is 11.1 Å². The number of benzene rings is 1. The zero-order valence-corrected chi connectivity index (χ0v) is 12.8. The molecule has 0 aliphatic carbocycles. The van der Waals surface area contributed by atoms with E-state index in [2.05, 4.69) is 0 Å². The van der Waals surface area contributed by atoms with Crippen molar-refractivity contribution in [2.75, 3.05) is 24.3 Å². The van der Waals surface area contributed by atoms with Crippen LogP contribution in [0.3, 0.4) is 0 Å². The van der Waals surface area contributed by atoms with Crippen LogP contribution in [0.4, 0.5) is 5.69 Å². The highest BCUT2D eigenvalue weighted by atomic mass is 32.2. The average Bonchev–Trinajstić information content (AvgIpc) is 2.72. The minimum absolute atomic E-state index is 0.0512. The molecule has 0 spiro atoms. The zero-order valence-electron chi connectivity index (χ0n) is 12.0. The highest BCUT2D eigenvalue weighted by molar-refractivity contribution is 7.91. The molecule has 0 saturated carbocycles. The number of nitrogen functional groups attached to an aromatic ring is 1. The Morgan fingerprint density at radius 3 is 2.50 bits per heavy atom. The summed E-state index contributed by atoms with van der Waals surface area (Å²) >= 11 is 0. The molecular formula is C14H20N2O3S. The van der Waals surface area contributed by atoms with Gasteiger partial charge in [0.1, 0.15) is 0 Å². The Morgan fingerprint density at radius 2 is 1.95 bits per heavy atom. The molecule has 6 heteroatoms. The molecule has 1 aliphatic heterocycles. The second-order valence-electron chi connectivity index (χ2n) is 5.50. The first-order valence-corrected chi connectivity index (χ1v) is 8.38. The van der Waals surface area contributed by atoms with Gasteiger partial charge in [-0.3, -0.25) is 4.79 Å². The van der Waals surface area contributed by atoms with Gasteiger partial charge in [0.25, 0.3) is 5.91 Å². The van der Waals surface area contributed by atoms with Gasteiger partial charge in [-0.1, -0.05) is 6.07 Å². The van der Waals surface area contributed by atoms with Crippen LogP contribution >= 0.6 is 0 Å². The van der Waals surface area contributed by atoms with Crippen molar-refractivity contribution >= 4 is 21.4 Å². The molecule has 1 aromatic carbocycles. The predicted octanol–water partition coefficient (Wildman–Crippen LogP) is 1.14. The maximum atomic E-state index is 12.5. The molecule has 0 bridgehead atoms. The van der Waals surface area contributed by atoms with Gasteiger partial charge in [-0.15, -0.1) is 0 Å². The molecule has 1 amide bonds. The zero-order chi connectivity index (χ0) is 15.1. The first-order valence-electron chi connectivity index (χ1n) is 6.55. The molecule has 1 aliphatic rings. The van der Waals surface area contributed by atoms with Crippen molar-refractivity contribution in [2.45, 2.75) is 26.3 Å². The highest BCUT2D eigenvalue weighted by Gasteiger charge is 2.33. The summed E-state index contributed by atoms with van der Waals surface area (Å²) in [5.41, 5.74) is 8.77. The lowest BCUT2D eigenvalue weighted by Crippen LogP contribution is -2.38. The Kier molecular flexibility index (Phi) is 3.77. The minimum Gasteiger partial charge on any atom is -0.398 e. The molecular weight excluding hydrogens is 276 g/mol. The Balaban J connectivity index is 2.26. The molecule has 20 heavy (non-hydrogen) atoms. The van der Waals surface area contributed by atoms with Gasteiger partial charge in [0.05, 0.1) is 11.5 Å². The molecule has 1 heterocycles. The second kappa shape index (κ2) is 5.09. The van der Waals surface area contributed by atoms with Crippen LogP contribution in [0.2, 0.25) is 0 Å². The molecule has 0 radical (unpaired) electrons. The third-order valence-electron chi connectivity index (χ3n) is 3.92. The van der Waals surface area contributed by atoms with Crippen LogP contribution in [0.5, 0.6) is 0 Å². The third-order valence-corrected chi connectivity index (χ3v) is 5.67.